The molecule has 0 spiro atoms. The third kappa shape index (κ3) is 1.80. The Kier molecular flexibility index (Phi) is 2.66. The summed E-state index contributed by atoms with van der Waals surface area (Å²) >= 11 is 0. The third-order valence-corrected chi connectivity index (χ3v) is 3.63. The Morgan fingerprint density at radius 3 is 2.62 bits per heavy atom. The highest BCUT2D eigenvalue weighted by Gasteiger charge is 2.45. The first-order valence-corrected chi connectivity index (χ1v) is 5.70. The Balaban J connectivity index is 1.89. The van der Waals surface area contributed by atoms with E-state index in [1.54, 1.807) is 16.8 Å². The van der Waals surface area contributed by atoms with E-state index in [4.69, 9.17) is 0 Å². The molecule has 0 bridgehead atoms. The highest BCUT2D eigenvalue weighted by atomic mass is 16.3. The molecule has 0 aromatic carbocycles. The number of carbonyl (C=O) groups is 2. The Labute approximate surface area is 95.0 Å². The number of β-amino-alcohol motifs (C(OH)–C–C–N with tert-alkyl or cyclic N) is 1. The van der Waals surface area contributed by atoms with Gasteiger partial charge in [0.25, 0.3) is 0 Å². The summed E-state index contributed by atoms with van der Waals surface area (Å²) in [6, 6.07) is 0. The molecule has 0 saturated carbocycles. The molecule has 5 heteroatoms. The lowest BCUT2D eigenvalue weighted by molar-refractivity contribution is -0.159. The van der Waals surface area contributed by atoms with E-state index in [0.29, 0.717) is 32.5 Å². The van der Waals surface area contributed by atoms with Gasteiger partial charge in [-0.15, -0.1) is 0 Å². The van der Waals surface area contributed by atoms with Gasteiger partial charge in [0.1, 0.15) is 0 Å². The smallest absolute Gasteiger partial charge is 0.228 e. The molecule has 2 fully saturated rings. The predicted molar refractivity (Wildman–Crippen MR) is 57.6 cm³/mol. The standard InChI is InChI=1S/C11H18N2O3/c1-3-11(16)6-13(7-11)10(15)8-4-9(14)12(2)5-8/h8,16H,3-7H2,1-2H3. The zero-order valence-electron chi connectivity index (χ0n) is 9.77. The highest BCUT2D eigenvalue weighted by Crippen LogP contribution is 2.28. The first-order chi connectivity index (χ1) is 7.45. The van der Waals surface area contributed by atoms with E-state index in [1.807, 2.05) is 6.92 Å². The number of hydrogen-bond donors (Lipinski definition) is 1. The van der Waals surface area contributed by atoms with Crippen LogP contribution in [0.15, 0.2) is 0 Å². The normalized spacial score (nSPS) is 28.2. The number of hydrogen-bond acceptors (Lipinski definition) is 3. The lowest BCUT2D eigenvalue weighted by atomic mass is 9.89. The molecule has 0 aliphatic carbocycles. The summed E-state index contributed by atoms with van der Waals surface area (Å²) in [7, 11) is 1.72. The van der Waals surface area contributed by atoms with Crippen molar-refractivity contribution in [2.24, 2.45) is 5.92 Å². The summed E-state index contributed by atoms with van der Waals surface area (Å²) in [5, 5.41) is 9.81. The van der Waals surface area contributed by atoms with Gasteiger partial charge in [-0.3, -0.25) is 9.59 Å². The molecule has 1 unspecified atom stereocenters. The first kappa shape index (κ1) is 11.4. The molecule has 2 amide bonds. The van der Waals surface area contributed by atoms with Crippen molar-refractivity contribution in [2.45, 2.75) is 25.4 Å². The van der Waals surface area contributed by atoms with Crippen LogP contribution < -0.4 is 0 Å². The molecule has 16 heavy (non-hydrogen) atoms. The molecule has 0 aromatic heterocycles. The summed E-state index contributed by atoms with van der Waals surface area (Å²) < 4.78 is 0. The van der Waals surface area contributed by atoms with Crippen LogP contribution in [0.25, 0.3) is 0 Å². The molecule has 2 aliphatic rings. The predicted octanol–water partition coefficient (Wildman–Crippen LogP) is -0.552. The summed E-state index contributed by atoms with van der Waals surface area (Å²) in [6.07, 6.45) is 0.983. The number of likely N-dealkylation sites (tertiary alicyclic amines) is 2. The second-order valence-corrected chi connectivity index (χ2v) is 4.95. The molecule has 2 saturated heterocycles. The van der Waals surface area contributed by atoms with Gasteiger partial charge in [0.2, 0.25) is 11.8 Å². The van der Waals surface area contributed by atoms with Gasteiger partial charge in [-0.25, -0.2) is 0 Å². The van der Waals surface area contributed by atoms with Gasteiger partial charge < -0.3 is 14.9 Å². The molecular weight excluding hydrogens is 208 g/mol. The maximum absolute atomic E-state index is 12.0. The van der Waals surface area contributed by atoms with Crippen LogP contribution in [-0.4, -0.2) is 59.0 Å². The molecule has 1 N–H and O–H groups in total. The van der Waals surface area contributed by atoms with Crippen LogP contribution in [-0.2, 0) is 9.59 Å². The van der Waals surface area contributed by atoms with Crippen LogP contribution in [0.2, 0.25) is 0 Å². The second kappa shape index (κ2) is 3.73. The fourth-order valence-corrected chi connectivity index (χ4v) is 2.33. The van der Waals surface area contributed by atoms with Crippen LogP contribution in [0.4, 0.5) is 0 Å². The van der Waals surface area contributed by atoms with Crippen molar-refractivity contribution in [3.63, 3.8) is 0 Å². The first-order valence-electron chi connectivity index (χ1n) is 5.70. The van der Waals surface area contributed by atoms with Gasteiger partial charge in [0.05, 0.1) is 24.6 Å². The van der Waals surface area contributed by atoms with Gasteiger partial charge in [-0.1, -0.05) is 6.92 Å². The lowest BCUT2D eigenvalue weighted by Gasteiger charge is -2.46. The minimum absolute atomic E-state index is 0.0100. The lowest BCUT2D eigenvalue weighted by Crippen LogP contribution is -2.64. The van der Waals surface area contributed by atoms with Crippen molar-refractivity contribution >= 4 is 11.8 Å². The maximum atomic E-state index is 12.0. The Hall–Kier alpha value is -1.10. The zero-order chi connectivity index (χ0) is 11.9. The molecular formula is C11H18N2O3. The Morgan fingerprint density at radius 2 is 2.19 bits per heavy atom. The van der Waals surface area contributed by atoms with E-state index in [9.17, 15) is 14.7 Å². The van der Waals surface area contributed by atoms with Crippen molar-refractivity contribution in [3.05, 3.63) is 0 Å². The van der Waals surface area contributed by atoms with Crippen molar-refractivity contribution in [2.75, 3.05) is 26.7 Å². The number of rotatable bonds is 2. The highest BCUT2D eigenvalue weighted by molar-refractivity contribution is 5.89. The van der Waals surface area contributed by atoms with Gasteiger partial charge in [-0.05, 0) is 6.42 Å². The monoisotopic (exact) mass is 226 g/mol. The van der Waals surface area contributed by atoms with Crippen LogP contribution >= 0.6 is 0 Å². The van der Waals surface area contributed by atoms with Gasteiger partial charge in [0, 0.05) is 20.0 Å². The van der Waals surface area contributed by atoms with Crippen LogP contribution in [0.3, 0.4) is 0 Å². The Morgan fingerprint density at radius 1 is 1.56 bits per heavy atom. The van der Waals surface area contributed by atoms with Crippen LogP contribution in [0.1, 0.15) is 19.8 Å². The number of amides is 2. The van der Waals surface area contributed by atoms with E-state index in [1.165, 1.54) is 0 Å². The summed E-state index contributed by atoms with van der Waals surface area (Å²) in [5.74, 6) is -0.167. The van der Waals surface area contributed by atoms with Crippen LogP contribution in [0.5, 0.6) is 0 Å². The molecule has 5 nitrogen and oxygen atoms in total. The van der Waals surface area contributed by atoms with Gasteiger partial charge >= 0.3 is 0 Å². The molecule has 2 aliphatic heterocycles. The van der Waals surface area contributed by atoms with Gasteiger partial charge in [-0.2, -0.15) is 0 Å². The average Bonchev–Trinajstić information content (AvgIpc) is 2.53. The van der Waals surface area contributed by atoms with E-state index in [2.05, 4.69) is 0 Å². The number of aliphatic hydroxyl groups is 1. The molecule has 1 atom stereocenters. The number of nitrogens with zero attached hydrogens (tertiary/aromatic N) is 2. The minimum Gasteiger partial charge on any atom is -0.386 e. The molecule has 0 radical (unpaired) electrons. The molecule has 2 heterocycles. The SMILES string of the molecule is CCC1(O)CN(C(=O)C2CC(=O)N(C)C2)C1. The summed E-state index contributed by atoms with van der Waals surface area (Å²) in [5.41, 5.74) is -0.690. The molecule has 90 valence electrons. The fraction of sp³-hybridized carbons (Fsp3) is 0.818. The third-order valence-electron chi connectivity index (χ3n) is 3.63. The van der Waals surface area contributed by atoms with Crippen molar-refractivity contribution in [1.29, 1.82) is 0 Å². The van der Waals surface area contributed by atoms with E-state index in [-0.39, 0.29) is 17.7 Å². The quantitative estimate of drug-likeness (QED) is 0.687. The summed E-state index contributed by atoms with van der Waals surface area (Å²) in [4.78, 5) is 26.5. The zero-order valence-corrected chi connectivity index (χ0v) is 9.77. The summed E-state index contributed by atoms with van der Waals surface area (Å²) in [6.45, 7) is 3.25. The van der Waals surface area contributed by atoms with Gasteiger partial charge in [0.15, 0.2) is 0 Å². The average molecular weight is 226 g/mol. The topological polar surface area (TPSA) is 60.9 Å². The second-order valence-electron chi connectivity index (χ2n) is 4.95. The minimum atomic E-state index is -0.690. The maximum Gasteiger partial charge on any atom is 0.228 e. The molecule has 0 aromatic rings. The number of carbonyl (C=O) groups excluding carboxylic acids is 2. The van der Waals surface area contributed by atoms with E-state index >= 15 is 0 Å². The van der Waals surface area contributed by atoms with Crippen molar-refractivity contribution in [1.82, 2.24) is 9.80 Å². The van der Waals surface area contributed by atoms with E-state index < -0.39 is 5.60 Å². The van der Waals surface area contributed by atoms with E-state index in [0.717, 1.165) is 0 Å². The Bertz CT molecular complexity index is 323. The van der Waals surface area contributed by atoms with Crippen molar-refractivity contribution < 1.29 is 14.7 Å². The van der Waals surface area contributed by atoms with Crippen LogP contribution in [0, 0.1) is 5.92 Å². The molecule has 2 rings (SSSR count). The largest absolute Gasteiger partial charge is 0.386 e. The van der Waals surface area contributed by atoms with Crippen molar-refractivity contribution in [3.8, 4) is 0 Å². The fourth-order valence-electron chi connectivity index (χ4n) is 2.33.